The highest BCUT2D eigenvalue weighted by Gasteiger charge is 2.59. The summed E-state index contributed by atoms with van der Waals surface area (Å²) in [6, 6.07) is 0. The highest BCUT2D eigenvalue weighted by molar-refractivity contribution is 7.80. The van der Waals surface area contributed by atoms with Crippen LogP contribution in [0, 0.1) is 46.3 Å². The Morgan fingerprint density at radius 1 is 1.00 bits per heavy atom. The van der Waals surface area contributed by atoms with Crippen LogP contribution in [0.15, 0.2) is 11.6 Å². The molecule has 1 heterocycles. The van der Waals surface area contributed by atoms with Crippen LogP contribution in [0.3, 0.4) is 0 Å². The number of carbonyl (C=O) groups is 1. The van der Waals surface area contributed by atoms with Crippen molar-refractivity contribution in [3.8, 4) is 0 Å². The summed E-state index contributed by atoms with van der Waals surface area (Å²) in [5.41, 5.74) is 1.54. The van der Waals surface area contributed by atoms with Crippen molar-refractivity contribution in [1.29, 1.82) is 0 Å². The van der Waals surface area contributed by atoms with Gasteiger partial charge < -0.3 is 29.9 Å². The van der Waals surface area contributed by atoms with Crippen LogP contribution in [0.4, 0.5) is 0 Å². The van der Waals surface area contributed by atoms with Crippen LogP contribution in [0.1, 0.15) is 98.8 Å². The number of hydrogen-bond acceptors (Lipinski definition) is 9. The van der Waals surface area contributed by atoms with Crippen molar-refractivity contribution in [2.75, 3.05) is 0 Å². The molecule has 4 aliphatic carbocycles. The predicted molar refractivity (Wildman–Crippen MR) is 164 cm³/mol. The third kappa shape index (κ3) is 6.77. The molecule has 0 radical (unpaired) electrons. The number of aliphatic hydroxyl groups excluding tert-OH is 3. The van der Waals surface area contributed by atoms with Gasteiger partial charge >= 0.3 is 16.4 Å². The quantitative estimate of drug-likeness (QED) is 0.168. The van der Waals surface area contributed by atoms with Gasteiger partial charge in [0.15, 0.2) is 12.4 Å². The van der Waals surface area contributed by atoms with E-state index in [1.54, 1.807) is 0 Å². The smallest absolute Gasteiger partial charge is 0.397 e. The lowest BCUT2D eigenvalue weighted by atomic mass is 9.47. The van der Waals surface area contributed by atoms with E-state index in [1.807, 2.05) is 13.8 Å². The second kappa shape index (κ2) is 13.1. The molecule has 1 saturated heterocycles. The first-order valence-corrected chi connectivity index (χ1v) is 18.3. The molecule has 0 bridgehead atoms. The van der Waals surface area contributed by atoms with Crippen LogP contribution in [0.25, 0.3) is 0 Å². The van der Waals surface area contributed by atoms with E-state index < -0.39 is 53.2 Å². The SMILES string of the molecule is CC(C)[C@H](CC[C@@H](C)[C@H]1CC[C@H]2[C@@H]3CC=C4C[C@@H](OS(=O)(=O)O)CC[C@]4(C)[C@H]3CC[C@]12C)O[C@@H]1O[C@H](C(=O)O)[C@@H](O)[C@H](O)[C@H]1O. The highest BCUT2D eigenvalue weighted by Crippen LogP contribution is 2.67. The molecule has 0 spiro atoms. The lowest BCUT2D eigenvalue weighted by Crippen LogP contribution is -2.61. The summed E-state index contributed by atoms with van der Waals surface area (Å²) in [6.07, 6.45) is 2.81. The molecule has 4 fully saturated rings. The van der Waals surface area contributed by atoms with E-state index in [1.165, 1.54) is 18.4 Å². The van der Waals surface area contributed by atoms with E-state index in [2.05, 4.69) is 26.8 Å². The lowest BCUT2D eigenvalue weighted by molar-refractivity contribution is -0.308. The Morgan fingerprint density at radius 3 is 2.36 bits per heavy atom. The van der Waals surface area contributed by atoms with E-state index in [-0.39, 0.29) is 22.9 Å². The molecule has 5 aliphatic rings. The minimum atomic E-state index is -4.47. The molecular weight excluding hydrogens is 604 g/mol. The average molecular weight is 659 g/mol. The Hall–Kier alpha value is -1.12. The number of ether oxygens (including phenoxy) is 2. The Kier molecular flexibility index (Phi) is 10.2. The second-order valence-corrected chi connectivity index (χ2v) is 16.6. The normalized spacial score (nSPS) is 44.8. The predicted octanol–water partition coefficient (Wildman–Crippen LogP) is 4.10. The van der Waals surface area contributed by atoms with Gasteiger partial charge in [0.05, 0.1) is 12.2 Å². The third-order valence-corrected chi connectivity index (χ3v) is 13.4. The molecule has 0 aromatic heterocycles. The van der Waals surface area contributed by atoms with Crippen molar-refractivity contribution in [3.63, 3.8) is 0 Å². The Bertz CT molecular complexity index is 1220. The van der Waals surface area contributed by atoms with Crippen molar-refractivity contribution in [3.05, 3.63) is 11.6 Å². The summed E-state index contributed by atoms with van der Waals surface area (Å²) in [5, 5.41) is 40.2. The second-order valence-electron chi connectivity index (χ2n) is 15.6. The Morgan fingerprint density at radius 2 is 1.71 bits per heavy atom. The fourth-order valence-electron chi connectivity index (χ4n) is 10.4. The molecule has 0 aromatic rings. The standard InChI is InChI=1S/C33H54O11S/c1-17(2)25(42-31-28(36)26(34)27(35)29(43-31)30(37)38)11-6-18(3)22-9-10-23-21-8-7-19-16-20(44-45(39,40)41)12-14-32(19,4)24(21)13-15-33(22,23)5/h7,17-18,20-29,31,34-36H,6,8-16H2,1-5H3,(H,37,38)(H,39,40,41)/t18-,20+,21+,22-,23+,24+,25+,26+,27+,28-,29+,31-,32+,33-/m1/s1. The van der Waals surface area contributed by atoms with Gasteiger partial charge in [-0.1, -0.05) is 46.3 Å². The van der Waals surface area contributed by atoms with Crippen molar-refractivity contribution in [1.82, 2.24) is 0 Å². The number of carboxylic acids is 1. The van der Waals surface area contributed by atoms with Crippen molar-refractivity contribution < 1.29 is 51.8 Å². The molecule has 5 N–H and O–H groups in total. The minimum Gasteiger partial charge on any atom is -0.479 e. The fraction of sp³-hybridized carbons (Fsp3) is 0.909. The van der Waals surface area contributed by atoms with Gasteiger partial charge in [0.2, 0.25) is 0 Å². The van der Waals surface area contributed by atoms with Gasteiger partial charge in [-0.2, -0.15) is 8.42 Å². The molecule has 3 saturated carbocycles. The summed E-state index contributed by atoms with van der Waals surface area (Å²) >= 11 is 0. The Labute approximate surface area is 267 Å². The molecule has 11 nitrogen and oxygen atoms in total. The van der Waals surface area contributed by atoms with E-state index in [0.29, 0.717) is 48.9 Å². The molecule has 14 atom stereocenters. The lowest BCUT2D eigenvalue weighted by Gasteiger charge is -2.58. The number of fused-ring (bicyclic) bond motifs is 5. The Balaban J connectivity index is 1.22. The van der Waals surface area contributed by atoms with Gasteiger partial charge in [-0.15, -0.1) is 0 Å². The number of carboxylic acid groups (broad SMARTS) is 1. The summed E-state index contributed by atoms with van der Waals surface area (Å²) in [6.45, 7) is 11.2. The van der Waals surface area contributed by atoms with Crippen LogP contribution >= 0.6 is 0 Å². The van der Waals surface area contributed by atoms with Gasteiger partial charge in [0.1, 0.15) is 18.3 Å². The topological polar surface area (TPSA) is 180 Å². The molecular formula is C33H54O11S. The minimum absolute atomic E-state index is 0.0316. The fourth-order valence-corrected chi connectivity index (χ4v) is 10.9. The van der Waals surface area contributed by atoms with Crippen molar-refractivity contribution >= 4 is 16.4 Å². The third-order valence-electron chi connectivity index (χ3n) is 12.8. The van der Waals surface area contributed by atoms with Crippen LogP contribution in [-0.4, -0.2) is 82.3 Å². The van der Waals surface area contributed by atoms with Crippen molar-refractivity contribution in [2.45, 2.75) is 142 Å². The first-order chi connectivity index (χ1) is 21.0. The summed E-state index contributed by atoms with van der Waals surface area (Å²) in [4.78, 5) is 11.6. The average Bonchev–Trinajstić information content (AvgIpc) is 3.31. The van der Waals surface area contributed by atoms with Gasteiger partial charge in [-0.25, -0.2) is 8.98 Å². The van der Waals surface area contributed by atoms with Crippen molar-refractivity contribution in [2.24, 2.45) is 46.3 Å². The molecule has 258 valence electrons. The van der Waals surface area contributed by atoms with E-state index >= 15 is 0 Å². The number of rotatable bonds is 10. The maximum Gasteiger partial charge on any atom is 0.397 e. The van der Waals surface area contributed by atoms with Crippen LogP contribution in [0.2, 0.25) is 0 Å². The molecule has 1 aliphatic heterocycles. The number of hydrogen-bond donors (Lipinski definition) is 5. The summed E-state index contributed by atoms with van der Waals surface area (Å²) in [7, 11) is -4.47. The summed E-state index contributed by atoms with van der Waals surface area (Å²) in [5.74, 6) is 1.38. The van der Waals surface area contributed by atoms with Gasteiger partial charge in [0, 0.05) is 0 Å². The molecule has 5 rings (SSSR count). The first kappa shape index (κ1) is 35.2. The highest BCUT2D eigenvalue weighted by atomic mass is 32.3. The van der Waals surface area contributed by atoms with E-state index in [4.69, 9.17) is 13.7 Å². The number of allylic oxidation sites excluding steroid dienone is 1. The molecule has 0 aromatic carbocycles. The van der Waals surface area contributed by atoms with Crippen LogP contribution < -0.4 is 0 Å². The molecule has 0 unspecified atom stereocenters. The van der Waals surface area contributed by atoms with E-state index in [0.717, 1.165) is 32.1 Å². The number of aliphatic carboxylic acids is 1. The number of aliphatic hydroxyl groups is 3. The zero-order chi connectivity index (χ0) is 33.1. The van der Waals surface area contributed by atoms with Crippen LogP contribution in [-0.2, 0) is 28.9 Å². The van der Waals surface area contributed by atoms with Gasteiger partial charge in [0.25, 0.3) is 0 Å². The largest absolute Gasteiger partial charge is 0.479 e. The van der Waals surface area contributed by atoms with Crippen LogP contribution in [0.5, 0.6) is 0 Å². The van der Waals surface area contributed by atoms with E-state index in [9.17, 15) is 38.2 Å². The maximum atomic E-state index is 11.6. The molecule has 0 amide bonds. The maximum absolute atomic E-state index is 11.6. The summed E-state index contributed by atoms with van der Waals surface area (Å²) < 4.78 is 48.4. The monoisotopic (exact) mass is 658 g/mol. The zero-order valence-corrected chi connectivity index (χ0v) is 28.1. The van der Waals surface area contributed by atoms with Gasteiger partial charge in [-0.3, -0.25) is 4.55 Å². The molecule has 45 heavy (non-hydrogen) atoms. The van der Waals surface area contributed by atoms with Gasteiger partial charge in [-0.05, 0) is 111 Å². The molecule has 12 heteroatoms. The first-order valence-electron chi connectivity index (χ1n) is 16.9. The zero-order valence-electron chi connectivity index (χ0n) is 27.2.